The second kappa shape index (κ2) is 6.15. The molecule has 0 rings (SSSR count). The summed E-state index contributed by atoms with van der Waals surface area (Å²) >= 11 is 0. The van der Waals surface area contributed by atoms with E-state index >= 15 is 0 Å². The summed E-state index contributed by atoms with van der Waals surface area (Å²) in [5.41, 5.74) is -7.23. The molecule has 0 aliphatic heterocycles. The van der Waals surface area contributed by atoms with E-state index in [1.807, 2.05) is 0 Å². The maximum atomic E-state index is 13.0. The summed E-state index contributed by atoms with van der Waals surface area (Å²) in [6.45, 7) is 0. The molecule has 25 heavy (non-hydrogen) atoms. The van der Waals surface area contributed by atoms with Crippen molar-refractivity contribution in [3.05, 3.63) is 0 Å². The molecule has 0 aliphatic carbocycles. The molecule has 0 aromatic carbocycles. The molecule has 17 heteroatoms. The predicted molar refractivity (Wildman–Crippen MR) is 52.1 cm³/mol. The van der Waals surface area contributed by atoms with E-state index in [2.05, 4.69) is 0 Å². The lowest BCUT2D eigenvalue weighted by Gasteiger charge is -2.39. The zero-order chi connectivity index (χ0) is 20.9. The molecule has 0 spiro atoms. The fourth-order valence-electron chi connectivity index (χ4n) is 1.25. The highest BCUT2D eigenvalue weighted by molar-refractivity contribution is 7.53. The van der Waals surface area contributed by atoms with Crippen LogP contribution in [0.15, 0.2) is 0 Å². The average molecular weight is 428 g/mol. The maximum absolute atomic E-state index is 13.0. The van der Waals surface area contributed by atoms with Crippen LogP contribution in [0.3, 0.4) is 0 Å². The third-order valence-corrected chi connectivity index (χ3v) is 3.73. The standard InChI is InChI=1S/C8H6F13O3P/c9-3(10,1-2-4(11,12)13)5(14,15)6(16,17)7(18,19)8(20,21)25(22,23)24/h1-2H2,(H2,22,23,24). The minimum atomic E-state index is -7.83. The van der Waals surface area contributed by atoms with Gasteiger partial charge in [0.05, 0.1) is 0 Å². The van der Waals surface area contributed by atoms with E-state index in [1.165, 1.54) is 0 Å². The normalized spacial score (nSPS) is 16.3. The van der Waals surface area contributed by atoms with Crippen molar-refractivity contribution in [2.75, 3.05) is 0 Å². The van der Waals surface area contributed by atoms with Crippen LogP contribution >= 0.6 is 7.60 Å². The lowest BCUT2D eigenvalue weighted by atomic mass is 9.95. The van der Waals surface area contributed by atoms with Gasteiger partial charge in [-0.1, -0.05) is 0 Å². The van der Waals surface area contributed by atoms with Gasteiger partial charge in [0, 0.05) is 12.8 Å². The molecule has 0 saturated carbocycles. The molecule has 3 nitrogen and oxygen atoms in total. The first-order valence-corrected chi connectivity index (χ1v) is 7.08. The van der Waals surface area contributed by atoms with E-state index in [0.29, 0.717) is 0 Å². The molecule has 0 heterocycles. The van der Waals surface area contributed by atoms with Crippen molar-refractivity contribution in [3.63, 3.8) is 0 Å². The predicted octanol–water partition coefficient (Wildman–Crippen LogP) is 4.64. The van der Waals surface area contributed by atoms with E-state index < -0.39 is 56.0 Å². The second-order valence-electron chi connectivity index (χ2n) is 4.63. The van der Waals surface area contributed by atoms with Crippen molar-refractivity contribution in [1.82, 2.24) is 0 Å². The number of halogens is 13. The first-order valence-electron chi connectivity index (χ1n) is 5.47. The quantitative estimate of drug-likeness (QED) is 0.459. The van der Waals surface area contributed by atoms with Crippen LogP contribution in [-0.4, -0.2) is 45.3 Å². The van der Waals surface area contributed by atoms with Gasteiger partial charge in [-0.3, -0.25) is 4.57 Å². The zero-order valence-electron chi connectivity index (χ0n) is 11.1. The summed E-state index contributed by atoms with van der Waals surface area (Å²) in [6, 6.07) is 0. The Morgan fingerprint density at radius 3 is 1.24 bits per heavy atom. The van der Waals surface area contributed by atoms with Gasteiger partial charge in [0.25, 0.3) is 0 Å². The van der Waals surface area contributed by atoms with Crippen molar-refractivity contribution < 1.29 is 71.4 Å². The van der Waals surface area contributed by atoms with Crippen LogP contribution in [0.25, 0.3) is 0 Å². The number of rotatable bonds is 7. The Bertz CT molecular complexity index is 534. The monoisotopic (exact) mass is 428 g/mol. The molecule has 0 saturated heterocycles. The van der Waals surface area contributed by atoms with E-state index in [4.69, 9.17) is 9.79 Å². The van der Waals surface area contributed by atoms with Crippen LogP contribution in [-0.2, 0) is 4.57 Å². The summed E-state index contributed by atoms with van der Waals surface area (Å²) in [6.07, 6.45) is -11.7. The van der Waals surface area contributed by atoms with Crippen LogP contribution in [0.2, 0.25) is 0 Å². The third-order valence-electron chi connectivity index (χ3n) is 2.71. The highest BCUT2D eigenvalue weighted by atomic mass is 31.2. The van der Waals surface area contributed by atoms with Crippen LogP contribution in [0.5, 0.6) is 0 Å². The Kier molecular flexibility index (Phi) is 5.96. The Morgan fingerprint density at radius 1 is 0.600 bits per heavy atom. The number of hydrogen-bond acceptors (Lipinski definition) is 1. The first-order chi connectivity index (χ1) is 10.5. The minimum Gasteiger partial charge on any atom is -0.320 e. The van der Waals surface area contributed by atoms with Gasteiger partial charge in [0.1, 0.15) is 0 Å². The molecule has 152 valence electrons. The highest BCUT2D eigenvalue weighted by Crippen LogP contribution is 2.67. The fraction of sp³-hybridized carbons (Fsp3) is 1.00. The third kappa shape index (κ3) is 3.99. The molecule has 0 aromatic rings. The van der Waals surface area contributed by atoms with Gasteiger partial charge < -0.3 is 9.79 Å². The Morgan fingerprint density at radius 2 is 0.960 bits per heavy atom. The summed E-state index contributed by atoms with van der Waals surface area (Å²) in [4.78, 5) is 15.8. The van der Waals surface area contributed by atoms with Gasteiger partial charge in [0.2, 0.25) is 0 Å². The molecule has 0 radical (unpaired) electrons. The lowest BCUT2D eigenvalue weighted by Crippen LogP contribution is -2.67. The molecule has 2 N–H and O–H groups in total. The highest BCUT2D eigenvalue weighted by Gasteiger charge is 2.89. The van der Waals surface area contributed by atoms with Crippen LogP contribution < -0.4 is 0 Å². The summed E-state index contributed by atoms with van der Waals surface area (Å²) < 4.78 is 175. The van der Waals surface area contributed by atoms with E-state index in [1.54, 1.807) is 0 Å². The van der Waals surface area contributed by atoms with Gasteiger partial charge in [-0.2, -0.15) is 57.1 Å². The minimum absolute atomic E-state index is 2.87. The zero-order valence-corrected chi connectivity index (χ0v) is 12.0. The van der Waals surface area contributed by atoms with Crippen molar-refractivity contribution >= 4 is 7.60 Å². The molecule has 0 aromatic heterocycles. The Balaban J connectivity index is 6.08. The second-order valence-corrected chi connectivity index (χ2v) is 6.28. The van der Waals surface area contributed by atoms with Crippen molar-refractivity contribution in [2.45, 2.75) is 48.4 Å². The molecule has 0 aliphatic rings. The number of hydrogen-bond donors (Lipinski definition) is 2. The summed E-state index contributed by atoms with van der Waals surface area (Å²) in [5, 5.41) is 0. The smallest absolute Gasteiger partial charge is 0.320 e. The van der Waals surface area contributed by atoms with E-state index in [-0.39, 0.29) is 0 Å². The summed E-state index contributed by atoms with van der Waals surface area (Å²) in [7, 11) is -7.57. The number of alkyl halides is 13. The van der Waals surface area contributed by atoms with Gasteiger partial charge in [-0.05, 0) is 0 Å². The molecule has 0 amide bonds. The van der Waals surface area contributed by atoms with Crippen LogP contribution in [0.1, 0.15) is 12.8 Å². The SMILES string of the molecule is O=P(O)(O)C(F)(F)C(F)(F)C(F)(F)C(F)(F)C(F)(F)CCC(F)(F)F. The van der Waals surface area contributed by atoms with Gasteiger partial charge in [0.15, 0.2) is 0 Å². The van der Waals surface area contributed by atoms with Gasteiger partial charge >= 0.3 is 43.1 Å². The van der Waals surface area contributed by atoms with Crippen LogP contribution in [0, 0.1) is 0 Å². The average Bonchev–Trinajstić information content (AvgIpc) is 2.33. The largest absolute Gasteiger partial charge is 0.413 e. The van der Waals surface area contributed by atoms with Crippen molar-refractivity contribution in [2.24, 2.45) is 0 Å². The van der Waals surface area contributed by atoms with Crippen molar-refractivity contribution in [1.29, 1.82) is 0 Å². The molecule has 0 bridgehead atoms. The van der Waals surface area contributed by atoms with E-state index in [0.717, 1.165) is 0 Å². The van der Waals surface area contributed by atoms with Gasteiger partial charge in [-0.25, -0.2) is 0 Å². The molecular formula is C8H6F13O3P. The molecule has 0 atom stereocenters. The first kappa shape index (κ1) is 24.2. The van der Waals surface area contributed by atoms with Crippen molar-refractivity contribution in [3.8, 4) is 0 Å². The topological polar surface area (TPSA) is 57.5 Å². The van der Waals surface area contributed by atoms with Gasteiger partial charge in [-0.15, -0.1) is 0 Å². The van der Waals surface area contributed by atoms with Crippen LogP contribution in [0.4, 0.5) is 57.1 Å². The molecular weight excluding hydrogens is 422 g/mol. The van der Waals surface area contributed by atoms with E-state index in [9.17, 15) is 61.6 Å². The maximum Gasteiger partial charge on any atom is 0.413 e. The molecule has 0 fully saturated rings. The Labute approximate surface area is 128 Å². The Hall–Kier alpha value is -0.760. The lowest BCUT2D eigenvalue weighted by molar-refractivity contribution is -0.392. The summed E-state index contributed by atoms with van der Waals surface area (Å²) in [5.74, 6) is -29.7. The fourth-order valence-corrected chi connectivity index (χ4v) is 1.76. The molecule has 0 unspecified atom stereocenters.